The maximum atomic E-state index is 5.15. The number of nitrogens with zero attached hydrogens (tertiary/aromatic N) is 3. The van der Waals surface area contributed by atoms with Crippen LogP contribution >= 0.6 is 0 Å². The van der Waals surface area contributed by atoms with E-state index in [0.717, 1.165) is 33.5 Å². The molecule has 11 rings (SSSR count). The van der Waals surface area contributed by atoms with Crippen LogP contribution in [0.5, 0.6) is 0 Å². The Morgan fingerprint density at radius 1 is 0.377 bits per heavy atom. The molecule has 1 aliphatic rings. The van der Waals surface area contributed by atoms with E-state index in [0.29, 0.717) is 0 Å². The van der Waals surface area contributed by atoms with Gasteiger partial charge in [-0.05, 0) is 96.6 Å². The Morgan fingerprint density at radius 2 is 0.943 bits per heavy atom. The van der Waals surface area contributed by atoms with Crippen molar-refractivity contribution < 1.29 is 0 Å². The monoisotopic (exact) mass is 691 g/mol. The minimum absolute atomic E-state index is 0.916. The zero-order valence-corrected chi connectivity index (χ0v) is 29.9. The number of rotatable bonds is 4. The quantitative estimate of drug-likeness (QED) is 0.169. The molecule has 3 nitrogen and oxygen atoms in total. The van der Waals surface area contributed by atoms with E-state index in [1.54, 1.807) is 0 Å². The zero-order chi connectivity index (χ0) is 34.9. The van der Waals surface area contributed by atoms with Gasteiger partial charge in [-0.2, -0.15) is 0 Å². The number of fused-ring (bicyclic) bond motifs is 10. The van der Waals surface area contributed by atoms with Gasteiger partial charge in [0.15, 0.2) is 8.07 Å². The highest BCUT2D eigenvalue weighted by Gasteiger charge is 2.46. The van der Waals surface area contributed by atoms with Crippen LogP contribution in [0.1, 0.15) is 0 Å². The van der Waals surface area contributed by atoms with E-state index >= 15 is 0 Å². The molecule has 0 amide bonds. The second-order valence-electron chi connectivity index (χ2n) is 13.9. The number of hydrogen-bond acceptors (Lipinski definition) is 1. The number of benzene rings is 8. The average Bonchev–Trinajstić information content (AvgIpc) is 3.74. The van der Waals surface area contributed by atoms with Crippen molar-refractivity contribution in [2.45, 2.75) is 0 Å². The van der Waals surface area contributed by atoms with E-state index in [4.69, 9.17) is 4.98 Å². The first-order valence-electron chi connectivity index (χ1n) is 18.2. The molecule has 3 heterocycles. The van der Waals surface area contributed by atoms with Crippen LogP contribution in [0.3, 0.4) is 0 Å². The minimum Gasteiger partial charge on any atom is -0.278 e. The molecule has 2 aromatic heterocycles. The van der Waals surface area contributed by atoms with Crippen LogP contribution in [0.4, 0.5) is 0 Å². The lowest BCUT2D eigenvalue weighted by Gasteiger charge is -2.36. The van der Waals surface area contributed by atoms with Gasteiger partial charge in [-0.1, -0.05) is 158 Å². The van der Waals surface area contributed by atoms with E-state index in [2.05, 4.69) is 209 Å². The lowest BCUT2D eigenvalue weighted by Crippen LogP contribution is -2.75. The Labute approximate surface area is 308 Å². The lowest BCUT2D eigenvalue weighted by molar-refractivity contribution is 1.11. The fourth-order valence-corrected chi connectivity index (χ4v) is 14.2. The van der Waals surface area contributed by atoms with Crippen molar-refractivity contribution in [2.24, 2.45) is 0 Å². The molecule has 4 heteroatoms. The van der Waals surface area contributed by atoms with Gasteiger partial charge in [0.05, 0.1) is 22.1 Å². The maximum Gasteiger partial charge on any atom is 0.220 e. The van der Waals surface area contributed by atoms with Crippen molar-refractivity contribution in [1.29, 1.82) is 0 Å². The van der Waals surface area contributed by atoms with Crippen molar-refractivity contribution in [3.63, 3.8) is 0 Å². The molecule has 0 radical (unpaired) electrons. The van der Waals surface area contributed by atoms with Crippen LogP contribution < -0.4 is 20.7 Å². The van der Waals surface area contributed by atoms with E-state index in [1.165, 1.54) is 54.1 Å². The smallest absolute Gasteiger partial charge is 0.220 e. The van der Waals surface area contributed by atoms with Crippen LogP contribution in [0.25, 0.3) is 66.9 Å². The summed E-state index contributed by atoms with van der Waals surface area (Å²) in [5, 5.41) is 5.61. The van der Waals surface area contributed by atoms with Crippen molar-refractivity contribution in [2.75, 3.05) is 0 Å². The van der Waals surface area contributed by atoms with Crippen LogP contribution in [-0.4, -0.2) is 22.0 Å². The molecular formula is C49H33N3Si. The fraction of sp³-hybridized carbons (Fsp3) is 0. The Kier molecular flexibility index (Phi) is 6.57. The Morgan fingerprint density at radius 3 is 1.70 bits per heavy atom. The predicted molar refractivity (Wildman–Crippen MR) is 223 cm³/mol. The molecule has 0 fully saturated rings. The molecule has 0 N–H and O–H groups in total. The minimum atomic E-state index is -2.80. The Hall–Kier alpha value is -6.75. The molecule has 0 aliphatic carbocycles. The van der Waals surface area contributed by atoms with Gasteiger partial charge in [0.2, 0.25) is 5.78 Å². The van der Waals surface area contributed by atoms with Gasteiger partial charge >= 0.3 is 0 Å². The van der Waals surface area contributed by atoms with Crippen molar-refractivity contribution in [3.8, 4) is 39.1 Å². The standard InChI is InChI=1S/C49H33N3Si/c1-3-18-37(19-4-1)53(38-20-5-2-6-21-38)47-29-14-9-24-41(47)39-22-7-8-23-40(39)42-33-35(30-31-48(42)53)34-16-15-17-36(32-34)51-45-27-12-13-28-46(45)52-44-26-11-10-25-43(44)50-49(51)52/h1-33H. The highest BCUT2D eigenvalue weighted by molar-refractivity contribution is 7.21. The average molecular weight is 692 g/mol. The van der Waals surface area contributed by atoms with Gasteiger partial charge in [0.25, 0.3) is 0 Å². The van der Waals surface area contributed by atoms with Crippen molar-refractivity contribution >= 4 is 56.7 Å². The first-order chi connectivity index (χ1) is 26.3. The maximum absolute atomic E-state index is 5.15. The molecule has 0 atom stereocenters. The number of hydrogen-bond donors (Lipinski definition) is 0. The van der Waals surface area contributed by atoms with Gasteiger partial charge in [0, 0.05) is 5.69 Å². The van der Waals surface area contributed by atoms with E-state index in [1.807, 2.05) is 0 Å². The van der Waals surface area contributed by atoms with Gasteiger partial charge in [-0.3, -0.25) is 8.97 Å². The second-order valence-corrected chi connectivity index (χ2v) is 17.7. The van der Waals surface area contributed by atoms with E-state index < -0.39 is 8.07 Å². The summed E-state index contributed by atoms with van der Waals surface area (Å²) in [7, 11) is -2.80. The zero-order valence-electron chi connectivity index (χ0n) is 28.9. The number of imidazole rings is 2. The third-order valence-corrected chi connectivity index (χ3v) is 16.1. The molecule has 0 bridgehead atoms. The second kappa shape index (κ2) is 11.6. The van der Waals surface area contributed by atoms with Crippen molar-refractivity contribution in [1.82, 2.24) is 14.0 Å². The summed E-state index contributed by atoms with van der Waals surface area (Å²) in [6.45, 7) is 0. The molecule has 1 aliphatic heterocycles. The molecule has 248 valence electrons. The largest absolute Gasteiger partial charge is 0.278 e. The summed E-state index contributed by atoms with van der Waals surface area (Å²) >= 11 is 0. The topological polar surface area (TPSA) is 22.2 Å². The van der Waals surface area contributed by atoms with E-state index in [9.17, 15) is 0 Å². The van der Waals surface area contributed by atoms with Gasteiger partial charge in [-0.15, -0.1) is 0 Å². The summed E-state index contributed by atoms with van der Waals surface area (Å²) in [5.41, 5.74) is 13.0. The summed E-state index contributed by atoms with van der Waals surface area (Å²) < 4.78 is 4.59. The third-order valence-electron chi connectivity index (χ3n) is 11.2. The number of aromatic nitrogens is 3. The molecular weight excluding hydrogens is 659 g/mol. The summed E-state index contributed by atoms with van der Waals surface area (Å²) in [6.07, 6.45) is 0. The highest BCUT2D eigenvalue weighted by Crippen LogP contribution is 2.38. The summed E-state index contributed by atoms with van der Waals surface area (Å²) in [5.74, 6) is 0.916. The molecule has 0 saturated heterocycles. The fourth-order valence-electron chi connectivity index (χ4n) is 9.01. The predicted octanol–water partition coefficient (Wildman–Crippen LogP) is 9.12. The van der Waals surface area contributed by atoms with Crippen LogP contribution in [0.15, 0.2) is 200 Å². The van der Waals surface area contributed by atoms with Gasteiger partial charge < -0.3 is 0 Å². The first kappa shape index (κ1) is 29.9. The Balaban J connectivity index is 1.18. The molecule has 0 unspecified atom stereocenters. The summed E-state index contributed by atoms with van der Waals surface area (Å²) in [6, 6.07) is 73.9. The highest BCUT2D eigenvalue weighted by atomic mass is 28.3. The first-order valence-corrected chi connectivity index (χ1v) is 20.2. The normalized spacial score (nSPS) is 13.1. The molecule has 53 heavy (non-hydrogen) atoms. The SMILES string of the molecule is c1ccc([Si]2(c3ccccc3)c3ccccc3-c3ccccc3-c3cc(-c4cccc(-n5c6ccccc6n6c7ccccc7nc56)c4)ccc32)cc1. The molecule has 0 spiro atoms. The Bertz CT molecular complexity index is 2970. The van der Waals surface area contributed by atoms with Crippen molar-refractivity contribution in [3.05, 3.63) is 200 Å². The van der Waals surface area contributed by atoms with E-state index in [-0.39, 0.29) is 0 Å². The van der Waals surface area contributed by atoms with Crippen LogP contribution in [-0.2, 0) is 0 Å². The lowest BCUT2D eigenvalue weighted by atomic mass is 9.92. The molecule has 0 saturated carbocycles. The molecule has 10 aromatic rings. The van der Waals surface area contributed by atoms with Gasteiger partial charge in [0.1, 0.15) is 0 Å². The van der Waals surface area contributed by atoms with Crippen LogP contribution in [0.2, 0.25) is 0 Å². The molecule has 8 aromatic carbocycles. The third kappa shape index (κ3) is 4.30. The van der Waals surface area contributed by atoms with Crippen LogP contribution in [0, 0.1) is 0 Å². The van der Waals surface area contributed by atoms with Gasteiger partial charge in [-0.25, -0.2) is 4.98 Å². The summed E-state index contributed by atoms with van der Waals surface area (Å²) in [4.78, 5) is 5.15. The number of para-hydroxylation sites is 4.